The van der Waals surface area contributed by atoms with Crippen LogP contribution in [0.25, 0.3) is 0 Å². The predicted molar refractivity (Wildman–Crippen MR) is 83.8 cm³/mol. The maximum atomic E-state index is 12.5. The Morgan fingerprint density at radius 2 is 2.18 bits per heavy atom. The monoisotopic (exact) mass is 338 g/mol. The van der Waals surface area contributed by atoms with E-state index in [-0.39, 0.29) is 11.4 Å². The number of ether oxygens (including phenoxy) is 1. The highest BCUT2D eigenvalue weighted by Crippen LogP contribution is 2.35. The largest absolute Gasteiger partial charge is 0.492 e. The molecule has 1 aliphatic heterocycles. The second kappa shape index (κ2) is 6.24. The van der Waals surface area contributed by atoms with Crippen LogP contribution in [0.1, 0.15) is 11.3 Å². The molecule has 0 aliphatic carbocycles. The van der Waals surface area contributed by atoms with Gasteiger partial charge in [0.05, 0.1) is 6.61 Å². The fourth-order valence-electron chi connectivity index (χ4n) is 2.37. The number of sulfonamides is 1. The fraction of sp³-hybridized carbons (Fsp3) is 0.267. The highest BCUT2D eigenvalue weighted by molar-refractivity contribution is 7.89. The van der Waals surface area contributed by atoms with Crippen LogP contribution in [0.3, 0.4) is 0 Å². The molecule has 0 bridgehead atoms. The first-order valence-electron chi connectivity index (χ1n) is 6.91. The van der Waals surface area contributed by atoms with E-state index in [1.807, 2.05) is 18.2 Å². The van der Waals surface area contributed by atoms with Crippen molar-refractivity contribution < 1.29 is 13.2 Å². The zero-order valence-electron chi connectivity index (χ0n) is 11.8. The van der Waals surface area contributed by atoms with E-state index in [0.717, 1.165) is 11.3 Å². The molecule has 116 valence electrons. The van der Waals surface area contributed by atoms with Gasteiger partial charge in [-0.1, -0.05) is 17.7 Å². The average Bonchev–Trinajstić information content (AvgIpc) is 2.95. The van der Waals surface area contributed by atoms with Crippen LogP contribution in [-0.4, -0.2) is 26.6 Å². The SMILES string of the molecule is O=S(=O)(NCCc1ccccn1)c1cc(Cl)cc2c1OCC2. The van der Waals surface area contributed by atoms with Gasteiger partial charge in [0.2, 0.25) is 10.0 Å². The van der Waals surface area contributed by atoms with Crippen LogP contribution in [0.15, 0.2) is 41.4 Å². The molecule has 0 amide bonds. The van der Waals surface area contributed by atoms with Gasteiger partial charge in [-0.25, -0.2) is 13.1 Å². The van der Waals surface area contributed by atoms with Gasteiger partial charge in [-0.05, 0) is 24.3 Å². The second-order valence-corrected chi connectivity index (χ2v) is 7.13. The Morgan fingerprint density at radius 3 is 2.95 bits per heavy atom. The van der Waals surface area contributed by atoms with Gasteiger partial charge in [-0.15, -0.1) is 0 Å². The van der Waals surface area contributed by atoms with Gasteiger partial charge in [0.1, 0.15) is 10.6 Å². The van der Waals surface area contributed by atoms with E-state index in [4.69, 9.17) is 16.3 Å². The minimum Gasteiger partial charge on any atom is -0.492 e. The van der Waals surface area contributed by atoms with Crippen LogP contribution in [0.5, 0.6) is 5.75 Å². The molecule has 0 spiro atoms. The first kappa shape index (κ1) is 15.3. The highest BCUT2D eigenvalue weighted by atomic mass is 35.5. The molecule has 22 heavy (non-hydrogen) atoms. The molecule has 0 fully saturated rings. The van der Waals surface area contributed by atoms with E-state index in [9.17, 15) is 8.42 Å². The molecular formula is C15H15ClN2O3S. The standard InChI is InChI=1S/C15H15ClN2O3S/c16-12-9-11-5-8-21-15(11)14(10-12)22(19,20)18-7-4-13-3-1-2-6-17-13/h1-3,6,9-10,18H,4-5,7-8H2. The molecular weight excluding hydrogens is 324 g/mol. The van der Waals surface area contributed by atoms with Crippen LogP contribution in [0, 0.1) is 0 Å². The van der Waals surface area contributed by atoms with Gasteiger partial charge in [0.25, 0.3) is 0 Å². The summed E-state index contributed by atoms with van der Waals surface area (Å²) < 4.78 is 32.9. The average molecular weight is 339 g/mol. The molecule has 5 nitrogen and oxygen atoms in total. The summed E-state index contributed by atoms with van der Waals surface area (Å²) in [4.78, 5) is 4.27. The summed E-state index contributed by atoms with van der Waals surface area (Å²) in [7, 11) is -3.67. The van der Waals surface area contributed by atoms with Gasteiger partial charge >= 0.3 is 0 Å². The molecule has 0 unspecified atom stereocenters. The van der Waals surface area contributed by atoms with E-state index in [1.54, 1.807) is 12.3 Å². The number of halogens is 1. The molecule has 2 heterocycles. The molecule has 7 heteroatoms. The zero-order chi connectivity index (χ0) is 15.6. The summed E-state index contributed by atoms with van der Waals surface area (Å²) in [6.07, 6.45) is 2.87. The van der Waals surface area contributed by atoms with Crippen molar-refractivity contribution in [1.82, 2.24) is 9.71 Å². The van der Waals surface area contributed by atoms with Crippen LogP contribution in [0.2, 0.25) is 5.02 Å². The van der Waals surface area contributed by atoms with E-state index in [0.29, 0.717) is 30.2 Å². The lowest BCUT2D eigenvalue weighted by Crippen LogP contribution is -2.26. The summed E-state index contributed by atoms with van der Waals surface area (Å²) in [5, 5.41) is 0.398. The van der Waals surface area contributed by atoms with Crippen LogP contribution >= 0.6 is 11.6 Å². The first-order chi connectivity index (χ1) is 10.6. The van der Waals surface area contributed by atoms with Crippen molar-refractivity contribution in [3.63, 3.8) is 0 Å². The third-order valence-electron chi connectivity index (χ3n) is 3.40. The Bertz CT molecular complexity index is 779. The van der Waals surface area contributed by atoms with Gasteiger partial charge in [0.15, 0.2) is 0 Å². The molecule has 1 aliphatic rings. The van der Waals surface area contributed by atoms with Gasteiger partial charge < -0.3 is 4.74 Å². The third-order valence-corrected chi connectivity index (χ3v) is 5.09. The molecule has 0 radical (unpaired) electrons. The molecule has 3 rings (SSSR count). The van der Waals surface area contributed by atoms with Crippen molar-refractivity contribution in [2.75, 3.05) is 13.2 Å². The second-order valence-electron chi connectivity index (χ2n) is 4.96. The molecule has 0 saturated carbocycles. The number of rotatable bonds is 5. The van der Waals surface area contributed by atoms with Crippen LogP contribution in [0.4, 0.5) is 0 Å². The molecule has 1 aromatic heterocycles. The Kier molecular flexibility index (Phi) is 4.33. The van der Waals surface area contributed by atoms with Gasteiger partial charge in [-0.3, -0.25) is 4.98 Å². The lowest BCUT2D eigenvalue weighted by Gasteiger charge is -2.11. The number of hydrogen-bond donors (Lipinski definition) is 1. The van der Waals surface area contributed by atoms with Crippen molar-refractivity contribution in [3.8, 4) is 5.75 Å². The normalized spacial score (nSPS) is 13.7. The Hall–Kier alpha value is -1.63. The first-order valence-corrected chi connectivity index (χ1v) is 8.77. The van der Waals surface area contributed by atoms with Crippen LogP contribution in [-0.2, 0) is 22.9 Å². The molecule has 1 N–H and O–H groups in total. The smallest absolute Gasteiger partial charge is 0.244 e. The van der Waals surface area contributed by atoms with E-state index >= 15 is 0 Å². The van der Waals surface area contributed by atoms with Crippen LogP contribution < -0.4 is 9.46 Å². The van der Waals surface area contributed by atoms with Gasteiger partial charge in [-0.2, -0.15) is 0 Å². The van der Waals surface area contributed by atoms with E-state index in [1.165, 1.54) is 6.07 Å². The molecule has 1 aromatic carbocycles. The number of hydrogen-bond acceptors (Lipinski definition) is 4. The lowest BCUT2D eigenvalue weighted by molar-refractivity contribution is 0.348. The van der Waals surface area contributed by atoms with Gasteiger partial charge in [0, 0.05) is 41.9 Å². The summed E-state index contributed by atoms with van der Waals surface area (Å²) in [6.45, 7) is 0.743. The minimum absolute atomic E-state index is 0.105. The van der Waals surface area contributed by atoms with Crippen molar-refractivity contribution >= 4 is 21.6 Å². The fourth-order valence-corrected chi connectivity index (χ4v) is 3.92. The number of fused-ring (bicyclic) bond motifs is 1. The van der Waals surface area contributed by atoms with Crippen molar-refractivity contribution in [1.29, 1.82) is 0 Å². The third kappa shape index (κ3) is 3.24. The van der Waals surface area contributed by atoms with Crippen molar-refractivity contribution in [2.24, 2.45) is 0 Å². The number of nitrogens with one attached hydrogen (secondary N) is 1. The maximum Gasteiger partial charge on any atom is 0.244 e. The lowest BCUT2D eigenvalue weighted by atomic mass is 10.2. The van der Waals surface area contributed by atoms with Crippen molar-refractivity contribution in [2.45, 2.75) is 17.7 Å². The summed E-state index contributed by atoms with van der Waals surface area (Å²) in [6, 6.07) is 8.72. The van der Waals surface area contributed by atoms with E-state index < -0.39 is 10.0 Å². The summed E-state index contributed by atoms with van der Waals surface area (Å²) in [5.41, 5.74) is 1.66. The minimum atomic E-state index is -3.67. The molecule has 2 aromatic rings. The number of nitrogens with zero attached hydrogens (tertiary/aromatic N) is 1. The van der Waals surface area contributed by atoms with Crippen molar-refractivity contribution in [3.05, 3.63) is 52.8 Å². The molecule has 0 atom stereocenters. The number of aromatic nitrogens is 1. The topological polar surface area (TPSA) is 68.3 Å². The summed E-state index contributed by atoms with van der Waals surface area (Å²) in [5.74, 6) is 0.412. The predicted octanol–water partition coefficient (Wildman–Crippen LogP) is 2.19. The Balaban J connectivity index is 1.76. The quantitative estimate of drug-likeness (QED) is 0.907. The highest BCUT2D eigenvalue weighted by Gasteiger charge is 2.26. The maximum absolute atomic E-state index is 12.5. The number of benzene rings is 1. The summed E-state index contributed by atoms with van der Waals surface area (Å²) >= 11 is 6.01. The molecule has 0 saturated heterocycles. The Labute approximate surface area is 134 Å². The van der Waals surface area contributed by atoms with E-state index in [2.05, 4.69) is 9.71 Å². The zero-order valence-corrected chi connectivity index (χ0v) is 13.3. The Morgan fingerprint density at radius 1 is 1.32 bits per heavy atom. The number of pyridine rings is 1.